The largest absolute Gasteiger partial charge is 0.472 e. The highest BCUT2D eigenvalue weighted by molar-refractivity contribution is 7.47. The summed E-state index contributed by atoms with van der Waals surface area (Å²) in [6, 6.07) is 0. The van der Waals surface area contributed by atoms with E-state index in [1.807, 2.05) is 0 Å². The molecule has 0 aromatic carbocycles. The third kappa shape index (κ3) is 63.2. The summed E-state index contributed by atoms with van der Waals surface area (Å²) in [4.78, 5) is 35.2. The summed E-state index contributed by atoms with van der Waals surface area (Å²) in [5, 5.41) is 0. The summed E-state index contributed by atoms with van der Waals surface area (Å²) < 4.78 is 33.1. The summed E-state index contributed by atoms with van der Waals surface area (Å²) in [6.45, 7) is 3.75. The number of carbonyl (C=O) groups is 2. The molecule has 0 aromatic rings. The Balaban J connectivity index is 3.77. The molecular formula is C68H128NO8P. The summed E-state index contributed by atoms with van der Waals surface area (Å²) in [7, 11) is -4.39. The molecule has 0 saturated carbocycles. The van der Waals surface area contributed by atoms with Crippen LogP contribution in [-0.2, 0) is 32.7 Å². The number of hydrogen-bond donors (Lipinski definition) is 2. The molecule has 2 atom stereocenters. The number of esters is 2. The van der Waals surface area contributed by atoms with Crippen LogP contribution >= 0.6 is 7.82 Å². The molecule has 78 heavy (non-hydrogen) atoms. The second kappa shape index (κ2) is 64.1. The number of ether oxygens (including phenoxy) is 2. The number of unbranched alkanes of at least 4 members (excludes halogenated alkanes) is 43. The van der Waals surface area contributed by atoms with Crippen LogP contribution in [-0.4, -0.2) is 49.3 Å². The smallest absolute Gasteiger partial charge is 0.462 e. The molecule has 0 aliphatic rings. The lowest BCUT2D eigenvalue weighted by atomic mass is 10.0. The second-order valence-corrected chi connectivity index (χ2v) is 24.1. The van der Waals surface area contributed by atoms with E-state index in [0.717, 1.165) is 57.8 Å². The molecule has 0 aliphatic heterocycles. The third-order valence-corrected chi connectivity index (χ3v) is 15.9. The summed E-state index contributed by atoms with van der Waals surface area (Å²) in [6.07, 6.45) is 80.7. The molecule has 10 heteroatoms. The number of carbonyl (C=O) groups excluding carboxylic acids is 2. The Bertz CT molecular complexity index is 1420. The predicted molar refractivity (Wildman–Crippen MR) is 335 cm³/mol. The van der Waals surface area contributed by atoms with Crippen molar-refractivity contribution in [1.82, 2.24) is 0 Å². The fraction of sp³-hybridized carbons (Fsp3) is 0.853. The average molecular weight is 1120 g/mol. The second-order valence-electron chi connectivity index (χ2n) is 22.7. The van der Waals surface area contributed by atoms with Crippen LogP contribution < -0.4 is 5.73 Å². The maximum absolute atomic E-state index is 12.7. The number of nitrogens with two attached hydrogens (primary N) is 1. The van der Waals surface area contributed by atoms with Crippen molar-refractivity contribution in [3.63, 3.8) is 0 Å². The predicted octanol–water partition coefficient (Wildman–Crippen LogP) is 21.7. The van der Waals surface area contributed by atoms with E-state index in [2.05, 4.69) is 62.5 Å². The van der Waals surface area contributed by atoms with Gasteiger partial charge in [-0.15, -0.1) is 0 Å². The molecule has 0 fully saturated rings. The monoisotopic (exact) mass is 1120 g/mol. The van der Waals surface area contributed by atoms with Crippen LogP contribution in [0.3, 0.4) is 0 Å². The molecule has 9 nitrogen and oxygen atoms in total. The number of phosphoric acid groups is 1. The van der Waals surface area contributed by atoms with Gasteiger partial charge >= 0.3 is 19.8 Å². The van der Waals surface area contributed by atoms with Crippen LogP contribution in [0.2, 0.25) is 0 Å². The molecule has 0 rings (SSSR count). The van der Waals surface area contributed by atoms with Gasteiger partial charge in [-0.2, -0.15) is 0 Å². The average Bonchev–Trinajstić information content (AvgIpc) is 3.43. The standard InChI is InChI=1S/C68H128NO8P/c1-3-5-7-9-11-13-15-17-19-21-23-24-25-26-27-28-29-30-31-32-33-34-35-36-37-38-39-40-41-42-43-45-47-49-51-53-55-57-59-61-68(71)77-66(65-76-78(72,73)75-63-62-69)64-74-67(70)60-58-56-54-52-50-48-46-44-22-20-18-16-14-12-10-8-6-4-2/h14-17,20-23,66H,3-13,18-19,24-65,69H2,1-2H3,(H,72,73)/b16-14-,17-15-,22-20-,23-21-. The van der Waals surface area contributed by atoms with Gasteiger partial charge in [0.15, 0.2) is 6.10 Å². The first kappa shape index (κ1) is 76.0. The Labute approximate surface area is 483 Å². The zero-order chi connectivity index (χ0) is 56.6. The Kier molecular flexibility index (Phi) is 62.5. The lowest BCUT2D eigenvalue weighted by Crippen LogP contribution is -2.29. The zero-order valence-electron chi connectivity index (χ0n) is 51.4. The highest BCUT2D eigenvalue weighted by atomic mass is 31.2. The van der Waals surface area contributed by atoms with Crippen LogP contribution in [0.1, 0.15) is 341 Å². The Morgan fingerprint density at radius 3 is 0.987 bits per heavy atom. The van der Waals surface area contributed by atoms with E-state index in [4.69, 9.17) is 24.3 Å². The van der Waals surface area contributed by atoms with Gasteiger partial charge in [0.2, 0.25) is 0 Å². The maximum atomic E-state index is 12.7. The molecule has 0 bridgehead atoms. The fourth-order valence-corrected chi connectivity index (χ4v) is 10.7. The van der Waals surface area contributed by atoms with Gasteiger partial charge < -0.3 is 20.1 Å². The first-order valence-corrected chi connectivity index (χ1v) is 35.1. The normalized spacial score (nSPS) is 13.2. The van der Waals surface area contributed by atoms with Gasteiger partial charge in [0.25, 0.3) is 0 Å². The molecule has 2 unspecified atom stereocenters. The van der Waals surface area contributed by atoms with Gasteiger partial charge in [-0.1, -0.05) is 300 Å². The Hall–Kier alpha value is -2.03. The molecule has 0 heterocycles. The van der Waals surface area contributed by atoms with Crippen LogP contribution in [0.25, 0.3) is 0 Å². The van der Waals surface area contributed by atoms with Gasteiger partial charge in [0.05, 0.1) is 13.2 Å². The lowest BCUT2D eigenvalue weighted by molar-refractivity contribution is -0.161. The summed E-state index contributed by atoms with van der Waals surface area (Å²) in [5.41, 5.74) is 5.39. The van der Waals surface area contributed by atoms with Crippen molar-refractivity contribution >= 4 is 19.8 Å². The van der Waals surface area contributed by atoms with E-state index in [0.29, 0.717) is 6.42 Å². The van der Waals surface area contributed by atoms with Crippen LogP contribution in [0.4, 0.5) is 0 Å². The maximum Gasteiger partial charge on any atom is 0.472 e. The lowest BCUT2D eigenvalue weighted by Gasteiger charge is -2.19. The Morgan fingerprint density at radius 2 is 0.667 bits per heavy atom. The Morgan fingerprint density at radius 1 is 0.385 bits per heavy atom. The zero-order valence-corrected chi connectivity index (χ0v) is 52.3. The molecule has 0 radical (unpaired) electrons. The van der Waals surface area contributed by atoms with Gasteiger partial charge in [-0.05, 0) is 77.0 Å². The van der Waals surface area contributed by atoms with Crippen LogP contribution in [0.5, 0.6) is 0 Å². The minimum Gasteiger partial charge on any atom is -0.462 e. The van der Waals surface area contributed by atoms with Crippen molar-refractivity contribution in [2.75, 3.05) is 26.4 Å². The first-order chi connectivity index (χ1) is 38.3. The van der Waals surface area contributed by atoms with Crippen molar-refractivity contribution in [2.45, 2.75) is 347 Å². The number of rotatable bonds is 64. The molecule has 0 saturated heterocycles. The van der Waals surface area contributed by atoms with Crippen LogP contribution in [0, 0.1) is 0 Å². The first-order valence-electron chi connectivity index (χ1n) is 33.6. The highest BCUT2D eigenvalue weighted by Gasteiger charge is 2.26. The van der Waals surface area contributed by atoms with Gasteiger partial charge in [-0.3, -0.25) is 18.6 Å². The quantitative estimate of drug-likeness (QED) is 0.0264. The van der Waals surface area contributed by atoms with Crippen molar-refractivity contribution in [2.24, 2.45) is 5.73 Å². The SMILES string of the molecule is CCCCCC/C=C\C/C=C\CCCCCCCCCC(=O)OCC(COP(=O)(O)OCCN)OC(=O)CCCCCCCCCCCCCCCCCCCCCCCCCCCCC/C=C\C/C=C\CCCCCCC. The van der Waals surface area contributed by atoms with Crippen molar-refractivity contribution < 1.29 is 37.6 Å². The van der Waals surface area contributed by atoms with Gasteiger partial charge in [-0.25, -0.2) is 4.57 Å². The third-order valence-electron chi connectivity index (χ3n) is 14.9. The van der Waals surface area contributed by atoms with E-state index in [-0.39, 0.29) is 38.6 Å². The minimum atomic E-state index is -4.39. The molecule has 0 aliphatic carbocycles. The summed E-state index contributed by atoms with van der Waals surface area (Å²) >= 11 is 0. The van der Waals surface area contributed by atoms with Gasteiger partial charge in [0, 0.05) is 19.4 Å². The molecule has 458 valence electrons. The molecular weight excluding hydrogens is 990 g/mol. The van der Waals surface area contributed by atoms with Crippen LogP contribution in [0.15, 0.2) is 48.6 Å². The van der Waals surface area contributed by atoms with E-state index in [1.165, 1.54) is 250 Å². The van der Waals surface area contributed by atoms with E-state index < -0.39 is 26.5 Å². The molecule has 0 spiro atoms. The number of allylic oxidation sites excluding steroid dienone is 8. The number of hydrogen-bond acceptors (Lipinski definition) is 8. The summed E-state index contributed by atoms with van der Waals surface area (Å²) in [5.74, 6) is -0.821. The molecule has 3 N–H and O–H groups in total. The van der Waals surface area contributed by atoms with E-state index in [9.17, 15) is 19.0 Å². The molecule has 0 aromatic heterocycles. The highest BCUT2D eigenvalue weighted by Crippen LogP contribution is 2.43. The van der Waals surface area contributed by atoms with Gasteiger partial charge in [0.1, 0.15) is 6.61 Å². The van der Waals surface area contributed by atoms with E-state index in [1.54, 1.807) is 0 Å². The number of phosphoric ester groups is 1. The van der Waals surface area contributed by atoms with Crippen molar-refractivity contribution in [1.29, 1.82) is 0 Å². The fourth-order valence-electron chi connectivity index (χ4n) is 9.94. The van der Waals surface area contributed by atoms with E-state index >= 15 is 0 Å². The topological polar surface area (TPSA) is 134 Å². The minimum absolute atomic E-state index is 0.0533. The molecule has 0 amide bonds. The van der Waals surface area contributed by atoms with Crippen molar-refractivity contribution in [3.05, 3.63) is 48.6 Å². The van der Waals surface area contributed by atoms with Crippen molar-refractivity contribution in [3.8, 4) is 0 Å².